The minimum Gasteiger partial charge on any atom is -0.456 e. The van der Waals surface area contributed by atoms with Crippen molar-refractivity contribution in [2.75, 3.05) is 11.1 Å². The minimum absolute atomic E-state index is 0.00661. The lowest BCUT2D eigenvalue weighted by Crippen LogP contribution is -2.24. The van der Waals surface area contributed by atoms with Gasteiger partial charge in [-0.15, -0.1) is 11.8 Å². The molecule has 0 aliphatic heterocycles. The zero-order valence-electron chi connectivity index (χ0n) is 22.5. The number of benzene rings is 3. The van der Waals surface area contributed by atoms with Crippen molar-refractivity contribution < 1.29 is 27.0 Å². The monoisotopic (exact) mass is 591 g/mol. The number of amides is 1. The number of ketones is 1. The van der Waals surface area contributed by atoms with Crippen LogP contribution >= 0.6 is 11.6 Å². The second-order valence-corrected chi connectivity index (χ2v) is 11.6. The summed E-state index contributed by atoms with van der Waals surface area (Å²) in [6.45, 7) is 1.94. The van der Waals surface area contributed by atoms with Crippen molar-refractivity contribution >= 4 is 50.1 Å². The Morgan fingerprint density at radius 2 is 1.78 bits per heavy atom. The fourth-order valence-electron chi connectivity index (χ4n) is 4.38. The summed E-state index contributed by atoms with van der Waals surface area (Å²) < 4.78 is 36.5. The molecule has 1 amide bonds. The van der Waals surface area contributed by atoms with E-state index in [-0.39, 0.29) is 24.5 Å². The predicted molar refractivity (Wildman–Crippen MR) is 162 cm³/mol. The van der Waals surface area contributed by atoms with E-state index in [1.54, 1.807) is 36.4 Å². The average molecular weight is 592 g/mol. The molecule has 1 unspecified atom stereocenters. The Morgan fingerprint density at radius 3 is 2.46 bits per heavy atom. The van der Waals surface area contributed by atoms with Crippen LogP contribution in [-0.4, -0.2) is 30.4 Å². The molecule has 1 atom stereocenters. The largest absolute Gasteiger partial charge is 0.456 e. The lowest BCUT2D eigenvalue weighted by molar-refractivity contribution is -0.119. The van der Waals surface area contributed by atoms with E-state index in [0.29, 0.717) is 41.3 Å². The average Bonchev–Trinajstić information content (AvgIpc) is 3.38. The van der Waals surface area contributed by atoms with E-state index >= 15 is 0 Å². The van der Waals surface area contributed by atoms with E-state index in [1.165, 1.54) is 0 Å². The Morgan fingerprint density at radius 1 is 1.02 bits per heavy atom. The fraction of sp³-hybridized carbons (Fsp3) is 0.250. The van der Waals surface area contributed by atoms with Gasteiger partial charge in [0.25, 0.3) is 10.1 Å². The first-order valence-corrected chi connectivity index (χ1v) is 15.2. The second kappa shape index (κ2) is 13.6. The molecule has 0 aliphatic carbocycles. The number of carbonyl (C=O) groups excluding carboxylic acids is 2. The lowest BCUT2D eigenvalue weighted by Gasteiger charge is -2.16. The highest BCUT2D eigenvalue weighted by Gasteiger charge is 2.20. The maximum atomic E-state index is 13.3. The molecular weight excluding hydrogens is 562 g/mol. The molecule has 2 N–H and O–H groups in total. The molecule has 3 aromatic carbocycles. The van der Waals surface area contributed by atoms with Crippen LogP contribution in [0.2, 0.25) is 5.02 Å². The minimum atomic E-state index is -4.10. The van der Waals surface area contributed by atoms with Crippen LogP contribution in [0.4, 0.5) is 5.69 Å². The van der Waals surface area contributed by atoms with E-state index in [1.807, 2.05) is 43.3 Å². The summed E-state index contributed by atoms with van der Waals surface area (Å²) >= 11 is 6.56. The molecule has 1 aromatic heterocycles. The van der Waals surface area contributed by atoms with Crippen molar-refractivity contribution in [3.8, 4) is 23.2 Å². The van der Waals surface area contributed by atoms with Crippen LogP contribution in [0.15, 0.2) is 77.2 Å². The quantitative estimate of drug-likeness (QED) is 0.108. The Balaban J connectivity index is 1.44. The Labute approximate surface area is 244 Å². The topological polar surface area (TPSA) is 114 Å². The van der Waals surface area contributed by atoms with Gasteiger partial charge in [0.05, 0.1) is 22.4 Å². The Bertz CT molecular complexity index is 1680. The molecule has 0 radical (unpaired) electrons. The van der Waals surface area contributed by atoms with Gasteiger partial charge in [0.15, 0.2) is 5.78 Å². The maximum absolute atomic E-state index is 13.3. The van der Waals surface area contributed by atoms with E-state index in [0.717, 1.165) is 22.1 Å². The highest BCUT2D eigenvalue weighted by atomic mass is 35.5. The first-order valence-electron chi connectivity index (χ1n) is 13.3. The van der Waals surface area contributed by atoms with Gasteiger partial charge in [-0.1, -0.05) is 61.0 Å². The fourth-order valence-corrected chi connectivity index (χ4v) is 5.11. The third kappa shape index (κ3) is 8.54. The molecule has 9 heteroatoms. The smallest absolute Gasteiger partial charge is 0.264 e. The number of rotatable bonds is 11. The first-order chi connectivity index (χ1) is 19.6. The highest BCUT2D eigenvalue weighted by Crippen LogP contribution is 2.32. The molecule has 0 saturated carbocycles. The van der Waals surface area contributed by atoms with Gasteiger partial charge in [0.1, 0.15) is 11.3 Å². The van der Waals surface area contributed by atoms with E-state index in [9.17, 15) is 18.0 Å². The van der Waals surface area contributed by atoms with Gasteiger partial charge in [0.2, 0.25) is 5.91 Å². The van der Waals surface area contributed by atoms with Crippen molar-refractivity contribution in [1.29, 1.82) is 0 Å². The van der Waals surface area contributed by atoms with Crippen LogP contribution in [-0.2, 0) is 21.3 Å². The number of halogens is 1. The van der Waals surface area contributed by atoms with Crippen LogP contribution in [0.1, 0.15) is 48.5 Å². The summed E-state index contributed by atoms with van der Waals surface area (Å²) in [5.74, 6) is 5.40. The van der Waals surface area contributed by atoms with E-state index in [2.05, 4.69) is 17.2 Å². The van der Waals surface area contributed by atoms with Crippen LogP contribution in [0.25, 0.3) is 22.3 Å². The summed E-state index contributed by atoms with van der Waals surface area (Å²) in [6.07, 6.45) is 1.48. The van der Waals surface area contributed by atoms with Crippen molar-refractivity contribution in [2.45, 2.75) is 39.0 Å². The first kappa shape index (κ1) is 30.1. The van der Waals surface area contributed by atoms with E-state index in [4.69, 9.17) is 20.6 Å². The number of hydrogen-bond acceptors (Lipinski definition) is 5. The standard InChI is InChI=1S/C32H30ClNO6S/c1-2-3-4-9-26(19-22-12-14-23(15-13-22)29(35)10-7-18-41(37,38)39)32(36)34-28-17-16-25(20-27(28)33)31-21-24-8-5-6-11-30(24)40-31/h5-6,8,11-17,20-21,26H,2,7,9-10,18-19H2,1H3,(H,34,36)(H,37,38,39). The number of para-hydroxylation sites is 1. The molecule has 1 heterocycles. The normalized spacial score (nSPS) is 12.0. The van der Waals surface area contributed by atoms with Crippen molar-refractivity contribution in [1.82, 2.24) is 0 Å². The number of Topliss-reactive ketones (excluding diaryl/α,β-unsaturated/α-hetero) is 1. The lowest BCUT2D eigenvalue weighted by atomic mass is 9.94. The third-order valence-corrected chi connectivity index (χ3v) is 7.64. The molecule has 212 valence electrons. The van der Waals surface area contributed by atoms with Gasteiger partial charge in [-0.05, 0) is 48.7 Å². The summed E-state index contributed by atoms with van der Waals surface area (Å²) in [5, 5.41) is 4.30. The van der Waals surface area contributed by atoms with Crippen molar-refractivity contribution in [3.05, 3.63) is 88.9 Å². The van der Waals surface area contributed by atoms with Crippen LogP contribution in [0.5, 0.6) is 0 Å². The van der Waals surface area contributed by atoms with Gasteiger partial charge >= 0.3 is 0 Å². The summed E-state index contributed by atoms with van der Waals surface area (Å²) in [4.78, 5) is 25.7. The molecule has 0 fully saturated rings. The summed E-state index contributed by atoms with van der Waals surface area (Å²) in [7, 11) is -4.10. The molecule has 0 aliphatic rings. The Hall–Kier alpha value is -3.90. The number of anilines is 1. The van der Waals surface area contributed by atoms with Crippen LogP contribution in [0, 0.1) is 17.8 Å². The molecular formula is C32H30ClNO6S. The molecule has 0 bridgehead atoms. The predicted octanol–water partition coefficient (Wildman–Crippen LogP) is 7.20. The molecule has 0 spiro atoms. The molecule has 7 nitrogen and oxygen atoms in total. The molecule has 41 heavy (non-hydrogen) atoms. The number of hydrogen-bond donors (Lipinski definition) is 2. The van der Waals surface area contributed by atoms with Crippen LogP contribution in [0.3, 0.4) is 0 Å². The Kier molecular flexibility index (Phi) is 10.0. The van der Waals surface area contributed by atoms with Gasteiger partial charge in [0, 0.05) is 35.8 Å². The SMILES string of the molecule is CCC#CCC(Cc1ccc(C(=O)CCCS(=O)(=O)O)cc1)C(=O)Nc1ccc(-c2cc3ccccc3o2)cc1Cl. The third-order valence-electron chi connectivity index (χ3n) is 6.52. The number of fused-ring (bicyclic) bond motifs is 1. The van der Waals surface area contributed by atoms with E-state index < -0.39 is 21.8 Å². The van der Waals surface area contributed by atoms with Crippen molar-refractivity contribution in [3.63, 3.8) is 0 Å². The molecule has 4 rings (SSSR count). The van der Waals surface area contributed by atoms with Crippen LogP contribution < -0.4 is 5.32 Å². The van der Waals surface area contributed by atoms with Gasteiger partial charge in [-0.3, -0.25) is 14.1 Å². The number of nitrogens with one attached hydrogen (secondary N) is 1. The van der Waals surface area contributed by atoms with Gasteiger partial charge < -0.3 is 9.73 Å². The zero-order valence-corrected chi connectivity index (χ0v) is 24.1. The molecule has 4 aromatic rings. The molecule has 0 saturated heterocycles. The van der Waals surface area contributed by atoms with Gasteiger partial charge in [-0.25, -0.2) is 0 Å². The number of furan rings is 1. The summed E-state index contributed by atoms with van der Waals surface area (Å²) in [6, 6.07) is 21.9. The summed E-state index contributed by atoms with van der Waals surface area (Å²) in [5.41, 5.74) is 3.34. The highest BCUT2D eigenvalue weighted by molar-refractivity contribution is 7.85. The zero-order chi connectivity index (χ0) is 29.4. The van der Waals surface area contributed by atoms with Gasteiger partial charge in [-0.2, -0.15) is 8.42 Å². The number of carbonyl (C=O) groups is 2. The maximum Gasteiger partial charge on any atom is 0.264 e. The second-order valence-electron chi connectivity index (χ2n) is 9.65. The van der Waals surface area contributed by atoms with Crippen molar-refractivity contribution in [2.24, 2.45) is 5.92 Å².